The van der Waals surface area contributed by atoms with Crippen molar-refractivity contribution in [1.29, 1.82) is 0 Å². The van der Waals surface area contributed by atoms with Crippen LogP contribution in [0.25, 0.3) is 0 Å². The molecule has 0 spiro atoms. The Labute approximate surface area is 148 Å². The Hall–Kier alpha value is -2.57. The molecule has 25 heavy (non-hydrogen) atoms. The first-order chi connectivity index (χ1) is 11.9. The molecule has 136 valence electrons. The minimum absolute atomic E-state index is 0.0701. The summed E-state index contributed by atoms with van der Waals surface area (Å²) >= 11 is 0. The fourth-order valence-electron chi connectivity index (χ4n) is 2.88. The van der Waals surface area contributed by atoms with Gasteiger partial charge in [-0.15, -0.1) is 0 Å². The molecule has 0 fully saturated rings. The molecular formula is C18H26N4O3. The van der Waals surface area contributed by atoms with Crippen LogP contribution in [0.2, 0.25) is 0 Å². The van der Waals surface area contributed by atoms with Crippen LogP contribution < -0.4 is 16.0 Å². The van der Waals surface area contributed by atoms with Crippen molar-refractivity contribution in [1.82, 2.24) is 15.5 Å². The highest BCUT2D eigenvalue weighted by Gasteiger charge is 2.22. The van der Waals surface area contributed by atoms with Gasteiger partial charge < -0.3 is 20.9 Å². The van der Waals surface area contributed by atoms with Gasteiger partial charge in [0.1, 0.15) is 0 Å². The van der Waals surface area contributed by atoms with E-state index in [1.54, 1.807) is 4.90 Å². The van der Waals surface area contributed by atoms with Gasteiger partial charge in [0.2, 0.25) is 11.8 Å². The molecule has 3 N–H and O–H groups in total. The van der Waals surface area contributed by atoms with Gasteiger partial charge in [0, 0.05) is 44.7 Å². The number of amides is 4. The van der Waals surface area contributed by atoms with Gasteiger partial charge in [-0.05, 0) is 37.5 Å². The fraction of sp³-hybridized carbons (Fsp3) is 0.500. The van der Waals surface area contributed by atoms with E-state index in [-0.39, 0.29) is 30.3 Å². The normalized spacial score (nSPS) is 13.2. The minimum Gasteiger partial charge on any atom is -0.354 e. The monoisotopic (exact) mass is 346 g/mol. The smallest absolute Gasteiger partial charge is 0.317 e. The molecule has 0 radical (unpaired) electrons. The first-order valence-electron chi connectivity index (χ1n) is 8.57. The van der Waals surface area contributed by atoms with Gasteiger partial charge in [0.25, 0.3) is 0 Å². The van der Waals surface area contributed by atoms with Crippen LogP contribution in [-0.4, -0.2) is 41.9 Å². The van der Waals surface area contributed by atoms with E-state index < -0.39 is 0 Å². The maximum atomic E-state index is 12.3. The number of hydrogen-bond acceptors (Lipinski definition) is 3. The molecule has 0 saturated heterocycles. The number of fused-ring (bicyclic) bond motifs is 1. The molecule has 2 rings (SSSR count). The molecular weight excluding hydrogens is 320 g/mol. The van der Waals surface area contributed by atoms with E-state index in [1.165, 1.54) is 6.92 Å². The Bertz CT molecular complexity index is 658. The van der Waals surface area contributed by atoms with Crippen LogP contribution in [0.15, 0.2) is 18.2 Å². The Morgan fingerprint density at radius 2 is 2.00 bits per heavy atom. The summed E-state index contributed by atoms with van der Waals surface area (Å²) in [5.74, 6) is -0.174. The standard InChI is InChI=1S/C18H26N4O3/c1-12(2)20-17(24)7-9-19-18(25)22-10-8-15-14(11-22)5-4-6-16(15)21-13(3)23/h4-6,12H,7-11H2,1-3H3,(H,19,25)(H,20,24)(H,21,23). The lowest BCUT2D eigenvalue weighted by Gasteiger charge is -2.30. The highest BCUT2D eigenvalue weighted by Crippen LogP contribution is 2.26. The summed E-state index contributed by atoms with van der Waals surface area (Å²) in [6.45, 7) is 6.66. The molecule has 0 aliphatic carbocycles. The summed E-state index contributed by atoms with van der Waals surface area (Å²) in [5.41, 5.74) is 2.93. The zero-order chi connectivity index (χ0) is 18.4. The summed E-state index contributed by atoms with van der Waals surface area (Å²) in [6.07, 6.45) is 0.952. The molecule has 1 aliphatic rings. The van der Waals surface area contributed by atoms with E-state index in [1.807, 2.05) is 32.0 Å². The average molecular weight is 346 g/mol. The maximum absolute atomic E-state index is 12.3. The molecule has 4 amide bonds. The van der Waals surface area contributed by atoms with Crippen LogP contribution in [-0.2, 0) is 22.6 Å². The molecule has 1 heterocycles. The lowest BCUT2D eigenvalue weighted by molar-refractivity contribution is -0.121. The number of urea groups is 1. The first kappa shape index (κ1) is 18.8. The van der Waals surface area contributed by atoms with Crippen LogP contribution >= 0.6 is 0 Å². The van der Waals surface area contributed by atoms with Crippen LogP contribution in [0.4, 0.5) is 10.5 Å². The number of benzene rings is 1. The van der Waals surface area contributed by atoms with Gasteiger partial charge in [-0.3, -0.25) is 9.59 Å². The fourth-order valence-corrected chi connectivity index (χ4v) is 2.88. The Kier molecular flexibility index (Phi) is 6.38. The van der Waals surface area contributed by atoms with Crippen LogP contribution in [0, 0.1) is 0 Å². The third-order valence-corrected chi connectivity index (χ3v) is 3.94. The number of nitrogens with zero attached hydrogens (tertiary/aromatic N) is 1. The van der Waals surface area contributed by atoms with Crippen molar-refractivity contribution in [2.45, 2.75) is 46.2 Å². The van der Waals surface area contributed by atoms with Gasteiger partial charge in [-0.25, -0.2) is 4.79 Å². The zero-order valence-corrected chi connectivity index (χ0v) is 15.0. The molecule has 0 bridgehead atoms. The molecule has 0 unspecified atom stereocenters. The highest BCUT2D eigenvalue weighted by atomic mass is 16.2. The van der Waals surface area contributed by atoms with Crippen molar-refractivity contribution in [3.05, 3.63) is 29.3 Å². The van der Waals surface area contributed by atoms with Gasteiger partial charge in [0.05, 0.1) is 0 Å². The van der Waals surface area contributed by atoms with Crippen molar-refractivity contribution in [2.75, 3.05) is 18.4 Å². The van der Waals surface area contributed by atoms with E-state index in [2.05, 4.69) is 16.0 Å². The molecule has 7 heteroatoms. The van der Waals surface area contributed by atoms with Gasteiger partial charge in [0.15, 0.2) is 0 Å². The molecule has 7 nitrogen and oxygen atoms in total. The van der Waals surface area contributed by atoms with E-state index in [0.717, 1.165) is 16.8 Å². The molecule has 1 aliphatic heterocycles. The topological polar surface area (TPSA) is 90.5 Å². The molecule has 0 saturated carbocycles. The second-order valence-electron chi connectivity index (χ2n) is 6.50. The number of rotatable bonds is 5. The lowest BCUT2D eigenvalue weighted by atomic mass is 9.98. The van der Waals surface area contributed by atoms with Crippen molar-refractivity contribution < 1.29 is 14.4 Å². The second-order valence-corrected chi connectivity index (χ2v) is 6.50. The summed E-state index contributed by atoms with van der Waals surface area (Å²) < 4.78 is 0. The average Bonchev–Trinajstić information content (AvgIpc) is 2.53. The molecule has 1 aromatic carbocycles. The highest BCUT2D eigenvalue weighted by molar-refractivity contribution is 5.90. The first-order valence-corrected chi connectivity index (χ1v) is 8.57. The predicted molar refractivity (Wildman–Crippen MR) is 96.2 cm³/mol. The molecule has 0 aromatic heterocycles. The third-order valence-electron chi connectivity index (χ3n) is 3.94. The minimum atomic E-state index is -0.173. The largest absolute Gasteiger partial charge is 0.354 e. The zero-order valence-electron chi connectivity index (χ0n) is 15.0. The van der Waals surface area contributed by atoms with E-state index in [0.29, 0.717) is 26.1 Å². The predicted octanol–water partition coefficient (Wildman–Crippen LogP) is 1.63. The van der Waals surface area contributed by atoms with E-state index in [4.69, 9.17) is 0 Å². The number of carbonyl (C=O) groups is 3. The quantitative estimate of drug-likeness (QED) is 0.757. The van der Waals surface area contributed by atoms with Crippen LogP contribution in [0.3, 0.4) is 0 Å². The SMILES string of the molecule is CC(=O)Nc1cccc2c1CCN(C(=O)NCCC(=O)NC(C)C)C2. The second kappa shape index (κ2) is 8.50. The molecule has 0 atom stereocenters. The van der Waals surface area contributed by atoms with Crippen LogP contribution in [0.5, 0.6) is 0 Å². The Morgan fingerprint density at radius 3 is 2.68 bits per heavy atom. The summed E-state index contributed by atoms with van der Waals surface area (Å²) in [6, 6.07) is 5.65. The third kappa shape index (κ3) is 5.48. The number of hydrogen-bond donors (Lipinski definition) is 3. The van der Waals surface area contributed by atoms with Crippen molar-refractivity contribution in [3.63, 3.8) is 0 Å². The van der Waals surface area contributed by atoms with E-state index >= 15 is 0 Å². The Balaban J connectivity index is 1.88. The summed E-state index contributed by atoms with van der Waals surface area (Å²) in [4.78, 5) is 36.9. The molecule has 1 aromatic rings. The van der Waals surface area contributed by atoms with Crippen LogP contribution in [0.1, 0.15) is 38.3 Å². The van der Waals surface area contributed by atoms with Crippen molar-refractivity contribution in [2.24, 2.45) is 0 Å². The van der Waals surface area contributed by atoms with Crippen molar-refractivity contribution in [3.8, 4) is 0 Å². The maximum Gasteiger partial charge on any atom is 0.317 e. The lowest BCUT2D eigenvalue weighted by Crippen LogP contribution is -2.44. The number of anilines is 1. The van der Waals surface area contributed by atoms with Crippen molar-refractivity contribution >= 4 is 23.5 Å². The number of carbonyl (C=O) groups excluding carboxylic acids is 3. The number of nitrogens with one attached hydrogen (secondary N) is 3. The van der Waals surface area contributed by atoms with Gasteiger partial charge >= 0.3 is 6.03 Å². The van der Waals surface area contributed by atoms with E-state index in [9.17, 15) is 14.4 Å². The van der Waals surface area contributed by atoms with Gasteiger partial charge in [-0.2, -0.15) is 0 Å². The Morgan fingerprint density at radius 1 is 1.24 bits per heavy atom. The summed E-state index contributed by atoms with van der Waals surface area (Å²) in [5, 5.41) is 8.42. The summed E-state index contributed by atoms with van der Waals surface area (Å²) in [7, 11) is 0. The van der Waals surface area contributed by atoms with Gasteiger partial charge in [-0.1, -0.05) is 12.1 Å².